The first-order valence-electron chi connectivity index (χ1n) is 6.20. The number of hydrogen-bond acceptors (Lipinski definition) is 4. The van der Waals surface area contributed by atoms with Gasteiger partial charge in [0.25, 0.3) is 0 Å². The van der Waals surface area contributed by atoms with Gasteiger partial charge in [0.2, 0.25) is 0 Å². The largest absolute Gasteiger partial charge is 0.378 e. The van der Waals surface area contributed by atoms with E-state index in [2.05, 4.69) is 21.7 Å². The van der Waals surface area contributed by atoms with E-state index in [9.17, 15) is 0 Å². The van der Waals surface area contributed by atoms with Crippen molar-refractivity contribution in [3.8, 4) is 0 Å². The van der Waals surface area contributed by atoms with Crippen molar-refractivity contribution in [1.82, 2.24) is 9.80 Å². The zero-order chi connectivity index (χ0) is 12.3. The van der Waals surface area contributed by atoms with Gasteiger partial charge in [-0.25, -0.2) is 0 Å². The Bertz CT molecular complexity index is 322. The topological polar surface area (TPSA) is 28.1 Å². The molecule has 4 nitrogen and oxygen atoms in total. The summed E-state index contributed by atoms with van der Waals surface area (Å²) in [5.41, 5.74) is 0. The minimum atomic E-state index is 0.426. The van der Waals surface area contributed by atoms with Gasteiger partial charge in [0.1, 0.15) is 17.7 Å². The molecular weight excluding hydrogens is 238 g/mol. The van der Waals surface area contributed by atoms with E-state index in [1.54, 1.807) is 0 Å². The van der Waals surface area contributed by atoms with E-state index in [4.69, 9.17) is 16.3 Å². The van der Waals surface area contributed by atoms with Crippen LogP contribution in [0.15, 0.2) is 16.9 Å². The van der Waals surface area contributed by atoms with Gasteiger partial charge in [-0.1, -0.05) is 11.6 Å². The van der Waals surface area contributed by atoms with Gasteiger partial charge in [-0.15, -0.1) is 0 Å². The summed E-state index contributed by atoms with van der Waals surface area (Å²) in [6.45, 7) is 5.58. The minimum absolute atomic E-state index is 0.426. The first-order chi connectivity index (χ1) is 8.20. The number of piperidine rings is 1. The van der Waals surface area contributed by atoms with E-state index in [0.29, 0.717) is 17.9 Å². The van der Waals surface area contributed by atoms with Crippen molar-refractivity contribution in [1.29, 1.82) is 0 Å². The van der Waals surface area contributed by atoms with E-state index in [1.807, 2.05) is 13.1 Å². The van der Waals surface area contributed by atoms with Gasteiger partial charge >= 0.3 is 0 Å². The monoisotopic (exact) mass is 257 g/mol. The number of hydrogen-bond donors (Lipinski definition) is 0. The molecule has 2 rings (SSSR count). The second-order valence-corrected chi connectivity index (χ2v) is 4.85. The first-order valence-corrected chi connectivity index (χ1v) is 6.58. The Labute approximate surface area is 108 Å². The number of aliphatic imine (C=N–C) groups is 1. The smallest absolute Gasteiger partial charge is 0.129 e. The molecule has 17 heavy (non-hydrogen) atoms. The van der Waals surface area contributed by atoms with Crippen molar-refractivity contribution in [3.63, 3.8) is 0 Å². The van der Waals surface area contributed by atoms with Crippen LogP contribution in [0.4, 0.5) is 0 Å². The average Bonchev–Trinajstić information content (AvgIpc) is 2.34. The molecule has 0 aromatic heterocycles. The van der Waals surface area contributed by atoms with Gasteiger partial charge in [0, 0.05) is 32.8 Å². The van der Waals surface area contributed by atoms with Crippen LogP contribution in [-0.2, 0) is 4.74 Å². The van der Waals surface area contributed by atoms with E-state index in [1.165, 1.54) is 5.82 Å². The summed E-state index contributed by atoms with van der Waals surface area (Å²) in [6.07, 6.45) is 4.56. The SMILES string of the molecule is CCOC1CCN(C2=CC(Cl)=NCN2C)CC1. The Balaban J connectivity index is 1.94. The fourth-order valence-corrected chi connectivity index (χ4v) is 2.48. The lowest BCUT2D eigenvalue weighted by Gasteiger charge is -2.39. The van der Waals surface area contributed by atoms with Crippen LogP contribution in [0.2, 0.25) is 0 Å². The predicted octanol–water partition coefficient (Wildman–Crippen LogP) is 1.87. The maximum Gasteiger partial charge on any atom is 0.129 e. The molecule has 0 aliphatic carbocycles. The third-order valence-corrected chi connectivity index (χ3v) is 3.47. The van der Waals surface area contributed by atoms with Crippen molar-refractivity contribution < 1.29 is 4.74 Å². The lowest BCUT2D eigenvalue weighted by Crippen LogP contribution is -2.42. The average molecular weight is 258 g/mol. The van der Waals surface area contributed by atoms with Gasteiger partial charge in [-0.2, -0.15) is 0 Å². The molecular formula is C12H20ClN3O. The van der Waals surface area contributed by atoms with Crippen LogP contribution in [0, 0.1) is 0 Å². The molecule has 96 valence electrons. The van der Waals surface area contributed by atoms with E-state index in [-0.39, 0.29) is 0 Å². The second kappa shape index (κ2) is 5.74. The number of rotatable bonds is 3. The summed E-state index contributed by atoms with van der Waals surface area (Å²) in [5, 5.41) is 0.602. The summed E-state index contributed by atoms with van der Waals surface area (Å²) in [4.78, 5) is 8.68. The van der Waals surface area contributed by atoms with Gasteiger partial charge in [-0.05, 0) is 19.8 Å². The van der Waals surface area contributed by atoms with Crippen LogP contribution >= 0.6 is 11.6 Å². The van der Waals surface area contributed by atoms with Gasteiger partial charge in [-0.3, -0.25) is 4.99 Å². The Morgan fingerprint density at radius 3 is 2.82 bits per heavy atom. The Morgan fingerprint density at radius 1 is 1.47 bits per heavy atom. The van der Waals surface area contributed by atoms with Crippen LogP contribution in [0.1, 0.15) is 19.8 Å². The lowest BCUT2D eigenvalue weighted by atomic mass is 10.1. The summed E-state index contributed by atoms with van der Waals surface area (Å²) in [7, 11) is 2.05. The number of likely N-dealkylation sites (tertiary alicyclic amines) is 1. The molecule has 1 fully saturated rings. The van der Waals surface area contributed by atoms with Crippen LogP contribution in [0.5, 0.6) is 0 Å². The van der Waals surface area contributed by atoms with Gasteiger partial charge in [0.15, 0.2) is 0 Å². The van der Waals surface area contributed by atoms with E-state index in [0.717, 1.165) is 32.5 Å². The Hall–Kier alpha value is -0.740. The molecule has 2 aliphatic heterocycles. The van der Waals surface area contributed by atoms with E-state index >= 15 is 0 Å². The third kappa shape index (κ3) is 3.13. The van der Waals surface area contributed by atoms with Crippen LogP contribution < -0.4 is 0 Å². The molecule has 0 atom stereocenters. The zero-order valence-electron chi connectivity index (χ0n) is 10.5. The molecule has 0 N–H and O–H groups in total. The van der Waals surface area contributed by atoms with Crippen molar-refractivity contribution in [2.24, 2.45) is 4.99 Å². The van der Waals surface area contributed by atoms with Gasteiger partial charge < -0.3 is 14.5 Å². The summed E-state index contributed by atoms with van der Waals surface area (Å²) in [5.74, 6) is 1.18. The summed E-state index contributed by atoms with van der Waals surface area (Å²) in [6, 6.07) is 0. The molecule has 0 saturated carbocycles. The molecule has 0 bridgehead atoms. The van der Waals surface area contributed by atoms with Crippen molar-refractivity contribution >= 4 is 16.8 Å². The second-order valence-electron chi connectivity index (χ2n) is 4.46. The number of nitrogens with zero attached hydrogens (tertiary/aromatic N) is 3. The highest BCUT2D eigenvalue weighted by molar-refractivity contribution is 6.68. The molecule has 0 spiro atoms. The molecule has 0 unspecified atom stereocenters. The standard InChI is InChI=1S/C12H20ClN3O/c1-3-17-10-4-6-16(7-5-10)12-8-11(13)14-9-15(12)2/h8,10H,3-7,9H2,1-2H3. The Kier molecular flexibility index (Phi) is 4.29. The maximum absolute atomic E-state index is 5.97. The summed E-state index contributed by atoms with van der Waals surface area (Å²) < 4.78 is 5.66. The molecule has 2 heterocycles. The molecule has 1 saturated heterocycles. The van der Waals surface area contributed by atoms with Crippen LogP contribution in [0.25, 0.3) is 0 Å². The van der Waals surface area contributed by atoms with E-state index < -0.39 is 0 Å². The zero-order valence-corrected chi connectivity index (χ0v) is 11.3. The first kappa shape index (κ1) is 12.7. The highest BCUT2D eigenvalue weighted by Gasteiger charge is 2.23. The lowest BCUT2D eigenvalue weighted by molar-refractivity contribution is 0.0158. The number of halogens is 1. The van der Waals surface area contributed by atoms with Crippen molar-refractivity contribution in [3.05, 3.63) is 11.9 Å². The highest BCUT2D eigenvalue weighted by Crippen LogP contribution is 2.21. The number of allylic oxidation sites excluding steroid dienone is 1. The fraction of sp³-hybridized carbons (Fsp3) is 0.750. The van der Waals surface area contributed by atoms with Crippen LogP contribution in [-0.4, -0.2) is 54.5 Å². The van der Waals surface area contributed by atoms with Gasteiger partial charge in [0.05, 0.1) is 6.10 Å². The van der Waals surface area contributed by atoms with Crippen molar-refractivity contribution in [2.45, 2.75) is 25.9 Å². The molecule has 0 amide bonds. The number of ether oxygens (including phenoxy) is 1. The molecule has 0 aromatic rings. The normalized spacial score (nSPS) is 22.5. The van der Waals surface area contributed by atoms with Crippen molar-refractivity contribution in [2.75, 3.05) is 33.4 Å². The molecule has 5 heteroatoms. The minimum Gasteiger partial charge on any atom is -0.378 e. The molecule has 2 aliphatic rings. The van der Waals surface area contributed by atoms with Crippen LogP contribution in [0.3, 0.4) is 0 Å². The predicted molar refractivity (Wildman–Crippen MR) is 70.2 cm³/mol. The Morgan fingerprint density at radius 2 is 2.18 bits per heavy atom. The highest BCUT2D eigenvalue weighted by atomic mass is 35.5. The summed E-state index contributed by atoms with van der Waals surface area (Å²) >= 11 is 5.97. The third-order valence-electron chi connectivity index (χ3n) is 3.24. The molecule has 0 aromatic carbocycles. The maximum atomic E-state index is 5.97. The molecule has 0 radical (unpaired) electrons. The quantitative estimate of drug-likeness (QED) is 0.773. The fourth-order valence-electron chi connectivity index (χ4n) is 2.33.